The fraction of sp³-hybridized carbons (Fsp3) is 0.217. The zero-order valence-corrected chi connectivity index (χ0v) is 20.0. The number of benzene rings is 2. The van der Waals surface area contributed by atoms with Crippen molar-refractivity contribution in [2.45, 2.75) is 35.4 Å². The first-order valence-electron chi connectivity index (χ1n) is 9.95. The van der Waals surface area contributed by atoms with Crippen molar-refractivity contribution in [2.24, 2.45) is 5.92 Å². The lowest BCUT2D eigenvalue weighted by molar-refractivity contribution is -0.118. The Labute approximate surface area is 197 Å². The SMILES string of the molecule is CC(C)[C@H](NS(=O)(=O)c1cccc(Cl)c1)C(=O)Nc1ccc(SCc2cccnc2)cc1. The van der Waals surface area contributed by atoms with Gasteiger partial charge in [0.1, 0.15) is 6.04 Å². The summed E-state index contributed by atoms with van der Waals surface area (Å²) < 4.78 is 28.0. The third-order valence-electron chi connectivity index (χ3n) is 4.59. The molecule has 2 aromatic carbocycles. The van der Waals surface area contributed by atoms with Crippen LogP contribution in [0.3, 0.4) is 0 Å². The first-order valence-corrected chi connectivity index (χ1v) is 12.8. The molecule has 9 heteroatoms. The highest BCUT2D eigenvalue weighted by Gasteiger charge is 2.28. The van der Waals surface area contributed by atoms with Crippen LogP contribution in [0.5, 0.6) is 0 Å². The minimum atomic E-state index is -3.91. The first-order chi connectivity index (χ1) is 15.2. The summed E-state index contributed by atoms with van der Waals surface area (Å²) in [6.45, 7) is 3.56. The second-order valence-corrected chi connectivity index (χ2v) is 10.7. The summed E-state index contributed by atoms with van der Waals surface area (Å²) >= 11 is 7.58. The highest BCUT2D eigenvalue weighted by molar-refractivity contribution is 7.98. The average molecular weight is 490 g/mol. The molecule has 0 aliphatic heterocycles. The van der Waals surface area contributed by atoms with E-state index in [1.54, 1.807) is 56.1 Å². The first kappa shape index (κ1) is 24.3. The van der Waals surface area contributed by atoms with Gasteiger partial charge in [-0.05, 0) is 60.0 Å². The van der Waals surface area contributed by atoms with Crippen molar-refractivity contribution in [2.75, 3.05) is 5.32 Å². The van der Waals surface area contributed by atoms with Gasteiger partial charge in [0, 0.05) is 33.8 Å². The average Bonchev–Trinajstić information content (AvgIpc) is 2.77. The molecule has 0 radical (unpaired) electrons. The molecule has 1 aromatic heterocycles. The fourth-order valence-electron chi connectivity index (χ4n) is 2.87. The molecule has 0 aliphatic rings. The van der Waals surface area contributed by atoms with Crippen molar-refractivity contribution in [3.8, 4) is 0 Å². The van der Waals surface area contributed by atoms with Gasteiger partial charge in [-0.1, -0.05) is 37.6 Å². The Balaban J connectivity index is 1.64. The Morgan fingerprint density at radius 1 is 1.09 bits per heavy atom. The predicted molar refractivity (Wildman–Crippen MR) is 129 cm³/mol. The molecule has 168 valence electrons. The summed E-state index contributed by atoms with van der Waals surface area (Å²) in [6, 6.07) is 16.3. The summed E-state index contributed by atoms with van der Waals surface area (Å²) in [5, 5.41) is 3.10. The minimum absolute atomic E-state index is 0.0124. The van der Waals surface area contributed by atoms with Gasteiger partial charge in [-0.2, -0.15) is 4.72 Å². The zero-order chi connectivity index (χ0) is 23.1. The molecule has 1 heterocycles. The number of thioether (sulfide) groups is 1. The number of aromatic nitrogens is 1. The Bertz CT molecular complexity index is 1150. The van der Waals surface area contributed by atoms with E-state index in [4.69, 9.17) is 11.6 Å². The van der Waals surface area contributed by atoms with Crippen LogP contribution < -0.4 is 10.0 Å². The highest BCUT2D eigenvalue weighted by atomic mass is 35.5. The molecular weight excluding hydrogens is 466 g/mol. The van der Waals surface area contributed by atoms with Gasteiger partial charge in [-0.15, -0.1) is 11.8 Å². The second kappa shape index (κ2) is 11.0. The van der Waals surface area contributed by atoms with Crippen molar-refractivity contribution in [1.29, 1.82) is 0 Å². The molecule has 6 nitrogen and oxygen atoms in total. The number of carbonyl (C=O) groups excluding carboxylic acids is 1. The third kappa shape index (κ3) is 6.80. The van der Waals surface area contributed by atoms with Crippen LogP contribution in [0.25, 0.3) is 0 Å². The zero-order valence-electron chi connectivity index (χ0n) is 17.7. The number of halogens is 1. The van der Waals surface area contributed by atoms with Gasteiger partial charge in [0.2, 0.25) is 15.9 Å². The van der Waals surface area contributed by atoms with E-state index < -0.39 is 22.0 Å². The number of nitrogens with one attached hydrogen (secondary N) is 2. The van der Waals surface area contributed by atoms with Crippen LogP contribution in [0.15, 0.2) is 82.8 Å². The van der Waals surface area contributed by atoms with Crippen LogP contribution in [0.1, 0.15) is 19.4 Å². The Morgan fingerprint density at radius 2 is 1.84 bits per heavy atom. The van der Waals surface area contributed by atoms with Crippen LogP contribution in [0.4, 0.5) is 5.69 Å². The van der Waals surface area contributed by atoms with Crippen LogP contribution in [0.2, 0.25) is 5.02 Å². The normalized spacial score (nSPS) is 12.5. The van der Waals surface area contributed by atoms with Gasteiger partial charge in [-0.25, -0.2) is 8.42 Å². The van der Waals surface area contributed by atoms with E-state index in [0.29, 0.717) is 10.7 Å². The number of rotatable bonds is 9. The van der Waals surface area contributed by atoms with E-state index in [9.17, 15) is 13.2 Å². The van der Waals surface area contributed by atoms with E-state index >= 15 is 0 Å². The molecule has 0 spiro atoms. The summed E-state index contributed by atoms with van der Waals surface area (Å²) in [4.78, 5) is 18.0. The van der Waals surface area contributed by atoms with Gasteiger partial charge in [0.25, 0.3) is 0 Å². The van der Waals surface area contributed by atoms with E-state index in [-0.39, 0.29) is 10.8 Å². The Hall–Kier alpha value is -2.39. The maximum Gasteiger partial charge on any atom is 0.242 e. The molecule has 1 amide bonds. The van der Waals surface area contributed by atoms with E-state index in [1.165, 1.54) is 12.1 Å². The fourth-order valence-corrected chi connectivity index (χ4v) is 5.34. The van der Waals surface area contributed by atoms with Crippen LogP contribution in [0, 0.1) is 5.92 Å². The van der Waals surface area contributed by atoms with Crippen LogP contribution in [-0.2, 0) is 20.6 Å². The molecule has 0 aliphatic carbocycles. The largest absolute Gasteiger partial charge is 0.325 e. The number of nitrogens with zero attached hydrogens (tertiary/aromatic N) is 1. The standard InChI is InChI=1S/C23H24ClN3O3S2/c1-16(2)22(27-32(29,30)21-7-3-6-18(24)13-21)23(28)26-19-8-10-20(11-9-19)31-15-17-5-4-12-25-14-17/h3-14,16,22,27H,15H2,1-2H3,(H,26,28)/t22-/m0/s1. The maximum absolute atomic E-state index is 12.8. The van der Waals surface area contributed by atoms with Crippen molar-refractivity contribution in [1.82, 2.24) is 9.71 Å². The number of sulfonamides is 1. The lowest BCUT2D eigenvalue weighted by atomic mass is 10.0. The molecule has 1 atom stereocenters. The molecular formula is C23H24ClN3O3S2. The summed E-state index contributed by atoms with van der Waals surface area (Å²) in [5.41, 5.74) is 1.72. The number of hydrogen-bond acceptors (Lipinski definition) is 5. The van der Waals surface area contributed by atoms with E-state index in [2.05, 4.69) is 15.0 Å². The molecule has 0 bridgehead atoms. The van der Waals surface area contributed by atoms with Crippen molar-refractivity contribution >= 4 is 45.0 Å². The van der Waals surface area contributed by atoms with Gasteiger partial charge < -0.3 is 5.32 Å². The smallest absolute Gasteiger partial charge is 0.242 e. The second-order valence-electron chi connectivity index (χ2n) is 7.46. The van der Waals surface area contributed by atoms with Crippen LogP contribution >= 0.6 is 23.4 Å². The molecule has 0 fully saturated rings. The Kier molecular flexibility index (Phi) is 8.31. The Morgan fingerprint density at radius 3 is 2.47 bits per heavy atom. The van der Waals surface area contributed by atoms with Crippen molar-refractivity contribution < 1.29 is 13.2 Å². The number of pyridine rings is 1. The minimum Gasteiger partial charge on any atom is -0.325 e. The predicted octanol–water partition coefficient (Wildman–Crippen LogP) is 4.97. The quantitative estimate of drug-likeness (QED) is 0.414. The molecule has 0 saturated carbocycles. The van der Waals surface area contributed by atoms with Crippen LogP contribution in [-0.4, -0.2) is 25.4 Å². The molecule has 3 rings (SSSR count). The lowest BCUT2D eigenvalue weighted by Gasteiger charge is -2.22. The monoisotopic (exact) mass is 489 g/mol. The van der Waals surface area contributed by atoms with Crippen molar-refractivity contribution in [3.63, 3.8) is 0 Å². The molecule has 2 N–H and O–H groups in total. The summed E-state index contributed by atoms with van der Waals surface area (Å²) in [7, 11) is -3.91. The highest BCUT2D eigenvalue weighted by Crippen LogP contribution is 2.24. The topological polar surface area (TPSA) is 88.2 Å². The summed E-state index contributed by atoms with van der Waals surface area (Å²) in [6.07, 6.45) is 3.57. The number of amides is 1. The molecule has 3 aromatic rings. The summed E-state index contributed by atoms with van der Waals surface area (Å²) in [5.74, 6) is 0.0971. The number of hydrogen-bond donors (Lipinski definition) is 2. The third-order valence-corrected chi connectivity index (χ3v) is 7.34. The van der Waals surface area contributed by atoms with Gasteiger partial charge in [0.15, 0.2) is 0 Å². The molecule has 0 saturated heterocycles. The maximum atomic E-state index is 12.8. The number of carbonyl (C=O) groups is 1. The number of anilines is 1. The molecule has 32 heavy (non-hydrogen) atoms. The van der Waals surface area contributed by atoms with E-state index in [1.807, 2.05) is 30.5 Å². The van der Waals surface area contributed by atoms with E-state index in [0.717, 1.165) is 16.2 Å². The lowest BCUT2D eigenvalue weighted by Crippen LogP contribution is -2.47. The van der Waals surface area contributed by atoms with Gasteiger partial charge >= 0.3 is 0 Å². The van der Waals surface area contributed by atoms with Gasteiger partial charge in [-0.3, -0.25) is 9.78 Å². The molecule has 0 unspecified atom stereocenters. The van der Waals surface area contributed by atoms with Crippen molar-refractivity contribution in [3.05, 3.63) is 83.6 Å². The van der Waals surface area contributed by atoms with Gasteiger partial charge in [0.05, 0.1) is 4.90 Å².